The third kappa shape index (κ3) is 6.14. The molecule has 1 aromatic heterocycles. The van der Waals surface area contributed by atoms with Crippen LogP contribution < -0.4 is 0 Å². The Kier molecular flexibility index (Phi) is 7.32. The second kappa shape index (κ2) is 8.98. The van der Waals surface area contributed by atoms with Crippen molar-refractivity contribution in [2.75, 3.05) is 7.11 Å². The van der Waals surface area contributed by atoms with Crippen LogP contribution in [0.25, 0.3) is 0 Å². The fourth-order valence-electron chi connectivity index (χ4n) is 2.25. The van der Waals surface area contributed by atoms with Crippen LogP contribution in [0, 0.1) is 5.92 Å². The van der Waals surface area contributed by atoms with E-state index in [0.29, 0.717) is 29.9 Å². The fraction of sp³-hybridized carbons (Fsp3) is 0.444. The molecule has 2 unspecified atom stereocenters. The molecule has 1 heterocycles. The first-order valence-electron chi connectivity index (χ1n) is 7.51. The van der Waals surface area contributed by atoms with E-state index in [1.807, 2.05) is 0 Å². The van der Waals surface area contributed by atoms with E-state index in [9.17, 15) is 9.59 Å². The standard InChI is InChI=1S/C18H24O5/c1-6-13(3)17(23-14(4)19)8-7-12(2)9-16-10-15(11-22-16)18(20)21-5/h6,10-12,17H,1,3,7-9H2,2,4-5H3. The highest BCUT2D eigenvalue weighted by molar-refractivity contribution is 5.88. The lowest BCUT2D eigenvalue weighted by Crippen LogP contribution is -2.19. The Balaban J connectivity index is 2.54. The first kappa shape index (κ1) is 18.7. The van der Waals surface area contributed by atoms with E-state index in [1.165, 1.54) is 20.3 Å². The number of carbonyl (C=O) groups excluding carboxylic acids is 2. The van der Waals surface area contributed by atoms with Crippen LogP contribution in [0.4, 0.5) is 0 Å². The Morgan fingerprint density at radius 3 is 2.65 bits per heavy atom. The molecule has 0 aliphatic heterocycles. The summed E-state index contributed by atoms with van der Waals surface area (Å²) in [5.41, 5.74) is 1.10. The van der Waals surface area contributed by atoms with E-state index < -0.39 is 5.97 Å². The van der Waals surface area contributed by atoms with Crippen molar-refractivity contribution in [3.63, 3.8) is 0 Å². The van der Waals surface area contributed by atoms with Crippen LogP contribution in [-0.2, 0) is 20.7 Å². The molecule has 0 saturated carbocycles. The van der Waals surface area contributed by atoms with E-state index in [1.54, 1.807) is 12.1 Å². The van der Waals surface area contributed by atoms with Gasteiger partial charge in [0.2, 0.25) is 0 Å². The third-order valence-corrected chi connectivity index (χ3v) is 3.53. The summed E-state index contributed by atoms with van der Waals surface area (Å²) in [5, 5.41) is 0. The van der Waals surface area contributed by atoms with Gasteiger partial charge in [0.05, 0.1) is 12.7 Å². The zero-order valence-corrected chi connectivity index (χ0v) is 14.0. The highest BCUT2D eigenvalue weighted by Gasteiger charge is 2.17. The lowest BCUT2D eigenvalue weighted by molar-refractivity contribution is -0.144. The van der Waals surface area contributed by atoms with Gasteiger partial charge in [0.15, 0.2) is 0 Å². The van der Waals surface area contributed by atoms with Crippen molar-refractivity contribution in [2.45, 2.75) is 39.2 Å². The van der Waals surface area contributed by atoms with Crippen LogP contribution in [-0.4, -0.2) is 25.2 Å². The molecule has 0 aromatic carbocycles. The van der Waals surface area contributed by atoms with E-state index in [-0.39, 0.29) is 12.1 Å². The van der Waals surface area contributed by atoms with Gasteiger partial charge in [-0.2, -0.15) is 0 Å². The van der Waals surface area contributed by atoms with Crippen LogP contribution in [0.2, 0.25) is 0 Å². The van der Waals surface area contributed by atoms with Gasteiger partial charge in [-0.25, -0.2) is 4.79 Å². The van der Waals surface area contributed by atoms with E-state index in [4.69, 9.17) is 9.15 Å². The molecular weight excluding hydrogens is 296 g/mol. The molecule has 0 spiro atoms. The monoisotopic (exact) mass is 320 g/mol. The average molecular weight is 320 g/mol. The summed E-state index contributed by atoms with van der Waals surface area (Å²) in [4.78, 5) is 22.5. The second-order valence-electron chi connectivity index (χ2n) is 5.56. The number of furan rings is 1. The maximum Gasteiger partial charge on any atom is 0.341 e. The number of ether oxygens (including phenoxy) is 2. The maximum atomic E-state index is 11.4. The van der Waals surface area contributed by atoms with Crippen LogP contribution in [0.5, 0.6) is 0 Å². The first-order chi connectivity index (χ1) is 10.9. The van der Waals surface area contributed by atoms with Crippen molar-refractivity contribution in [1.29, 1.82) is 0 Å². The predicted octanol–water partition coefficient (Wildman–Crippen LogP) is 3.70. The SMILES string of the molecule is C=CC(=C)C(CCC(C)Cc1cc(C(=O)OC)co1)OC(C)=O. The molecule has 5 heteroatoms. The Labute approximate surface area is 137 Å². The number of esters is 2. The minimum Gasteiger partial charge on any atom is -0.468 e. The van der Waals surface area contributed by atoms with Crippen molar-refractivity contribution < 1.29 is 23.5 Å². The van der Waals surface area contributed by atoms with Crippen LogP contribution in [0.3, 0.4) is 0 Å². The summed E-state index contributed by atoms with van der Waals surface area (Å²) >= 11 is 0. The van der Waals surface area contributed by atoms with Gasteiger partial charge in [-0.3, -0.25) is 4.79 Å². The molecular formula is C18H24O5. The molecule has 0 amide bonds. The first-order valence-corrected chi connectivity index (χ1v) is 7.51. The van der Waals surface area contributed by atoms with Crippen LogP contribution in [0.15, 0.2) is 41.6 Å². The Morgan fingerprint density at radius 2 is 2.09 bits per heavy atom. The zero-order chi connectivity index (χ0) is 17.4. The fourth-order valence-corrected chi connectivity index (χ4v) is 2.25. The molecule has 0 N–H and O–H groups in total. The van der Waals surface area contributed by atoms with Gasteiger partial charge in [-0.1, -0.05) is 26.2 Å². The van der Waals surface area contributed by atoms with Gasteiger partial charge in [-0.05, 0) is 30.4 Å². The Bertz CT molecular complexity index is 570. The molecule has 0 saturated heterocycles. The normalized spacial score (nSPS) is 13.0. The molecule has 0 radical (unpaired) electrons. The molecule has 0 fully saturated rings. The zero-order valence-electron chi connectivity index (χ0n) is 14.0. The van der Waals surface area contributed by atoms with Crippen LogP contribution >= 0.6 is 0 Å². The average Bonchev–Trinajstić information content (AvgIpc) is 2.97. The maximum absolute atomic E-state index is 11.4. The molecule has 1 rings (SSSR count). The second-order valence-corrected chi connectivity index (χ2v) is 5.56. The molecule has 126 valence electrons. The number of hydrogen-bond acceptors (Lipinski definition) is 5. The summed E-state index contributed by atoms with van der Waals surface area (Å²) in [7, 11) is 1.33. The number of rotatable bonds is 9. The summed E-state index contributed by atoms with van der Waals surface area (Å²) in [5.74, 6) is 0.274. The van der Waals surface area contributed by atoms with Crippen molar-refractivity contribution in [2.24, 2.45) is 5.92 Å². The van der Waals surface area contributed by atoms with Crippen molar-refractivity contribution in [3.05, 3.63) is 48.5 Å². The molecule has 0 aliphatic rings. The number of carbonyl (C=O) groups is 2. The molecule has 2 atom stereocenters. The van der Waals surface area contributed by atoms with Gasteiger partial charge in [0.1, 0.15) is 18.1 Å². The Hall–Kier alpha value is -2.30. The lowest BCUT2D eigenvalue weighted by Gasteiger charge is -2.19. The van der Waals surface area contributed by atoms with Gasteiger partial charge >= 0.3 is 11.9 Å². The third-order valence-electron chi connectivity index (χ3n) is 3.53. The smallest absolute Gasteiger partial charge is 0.341 e. The van der Waals surface area contributed by atoms with E-state index in [0.717, 1.165) is 12.2 Å². The minimum absolute atomic E-state index is 0.294. The summed E-state index contributed by atoms with van der Waals surface area (Å²) in [6, 6.07) is 1.69. The molecule has 0 bridgehead atoms. The number of methoxy groups -OCH3 is 1. The predicted molar refractivity (Wildman–Crippen MR) is 87.0 cm³/mol. The molecule has 1 aromatic rings. The molecule has 0 aliphatic carbocycles. The van der Waals surface area contributed by atoms with Gasteiger partial charge < -0.3 is 13.9 Å². The van der Waals surface area contributed by atoms with Crippen molar-refractivity contribution in [1.82, 2.24) is 0 Å². The van der Waals surface area contributed by atoms with Crippen LogP contribution in [0.1, 0.15) is 42.8 Å². The van der Waals surface area contributed by atoms with Crippen molar-refractivity contribution >= 4 is 11.9 Å². The summed E-state index contributed by atoms with van der Waals surface area (Å²) in [6.45, 7) is 11.0. The lowest BCUT2D eigenvalue weighted by atomic mass is 9.96. The van der Waals surface area contributed by atoms with Crippen molar-refractivity contribution in [3.8, 4) is 0 Å². The number of hydrogen-bond donors (Lipinski definition) is 0. The largest absolute Gasteiger partial charge is 0.468 e. The summed E-state index contributed by atoms with van der Waals surface area (Å²) in [6.07, 6.45) is 4.82. The molecule has 5 nitrogen and oxygen atoms in total. The molecule has 23 heavy (non-hydrogen) atoms. The van der Waals surface area contributed by atoms with E-state index in [2.05, 4.69) is 24.8 Å². The van der Waals surface area contributed by atoms with Gasteiger partial charge in [0, 0.05) is 13.3 Å². The van der Waals surface area contributed by atoms with Gasteiger partial charge in [0.25, 0.3) is 0 Å². The highest BCUT2D eigenvalue weighted by atomic mass is 16.5. The topological polar surface area (TPSA) is 65.7 Å². The minimum atomic E-state index is -0.412. The Morgan fingerprint density at radius 1 is 1.39 bits per heavy atom. The highest BCUT2D eigenvalue weighted by Crippen LogP contribution is 2.21. The quantitative estimate of drug-likeness (QED) is 0.513. The van der Waals surface area contributed by atoms with Gasteiger partial charge in [-0.15, -0.1) is 0 Å². The van der Waals surface area contributed by atoms with E-state index >= 15 is 0 Å². The summed E-state index contributed by atoms with van der Waals surface area (Å²) < 4.78 is 15.3.